The van der Waals surface area contributed by atoms with Crippen LogP contribution in [-0.4, -0.2) is 32.3 Å². The van der Waals surface area contributed by atoms with Gasteiger partial charge in [-0.3, -0.25) is 0 Å². The van der Waals surface area contributed by atoms with Gasteiger partial charge in [0.25, 0.3) is 0 Å². The molecule has 1 N–H and O–H groups in total. The Bertz CT molecular complexity index is 833. The number of hydrogen-bond donors (Lipinski definition) is 1. The molecular weight excluding hydrogens is 334 g/mol. The minimum absolute atomic E-state index is 0.508. The van der Waals surface area contributed by atoms with Gasteiger partial charge < -0.3 is 19.5 Å². The number of methoxy groups -OCH3 is 2. The van der Waals surface area contributed by atoms with Crippen molar-refractivity contribution in [3.05, 3.63) is 72.3 Å². The van der Waals surface area contributed by atoms with Crippen molar-refractivity contribution in [2.24, 2.45) is 0 Å². The van der Waals surface area contributed by atoms with Gasteiger partial charge in [0.05, 0.1) is 14.2 Å². The second kappa shape index (κ2) is 7.31. The van der Waals surface area contributed by atoms with Gasteiger partial charge in [0.15, 0.2) is 6.10 Å². The largest absolute Gasteiger partial charge is 0.497 e. The van der Waals surface area contributed by atoms with Crippen molar-refractivity contribution < 1.29 is 23.8 Å². The minimum Gasteiger partial charge on any atom is -0.497 e. The Morgan fingerprint density at radius 2 is 1.88 bits per heavy atom. The van der Waals surface area contributed by atoms with Crippen LogP contribution >= 0.6 is 0 Å². The first-order valence-electron chi connectivity index (χ1n) is 8.05. The number of rotatable bonds is 6. The van der Waals surface area contributed by atoms with Gasteiger partial charge in [-0.25, -0.2) is 9.59 Å². The summed E-state index contributed by atoms with van der Waals surface area (Å²) in [7, 11) is 2.86. The Kier molecular flexibility index (Phi) is 4.93. The van der Waals surface area contributed by atoms with E-state index < -0.39 is 23.6 Å². The molecule has 0 bridgehead atoms. The van der Waals surface area contributed by atoms with Crippen LogP contribution in [-0.2, 0) is 24.6 Å². The number of hydrogen-bond acceptors (Lipinski definition) is 6. The van der Waals surface area contributed by atoms with Gasteiger partial charge in [0.2, 0.25) is 5.54 Å². The maximum Gasteiger partial charge on any atom is 0.340 e. The SMILES string of the molecule is COC(=O)[C@](Nc1cccc(OC)c1)(c1ccccc1)[C@H]1C=CC(=O)O1. The van der Waals surface area contributed by atoms with Crippen LogP contribution in [0.1, 0.15) is 5.56 Å². The van der Waals surface area contributed by atoms with Gasteiger partial charge in [-0.05, 0) is 23.8 Å². The fraction of sp³-hybridized carbons (Fsp3) is 0.200. The molecule has 134 valence electrons. The second-order valence-electron chi connectivity index (χ2n) is 5.74. The van der Waals surface area contributed by atoms with Gasteiger partial charge in [-0.15, -0.1) is 0 Å². The summed E-state index contributed by atoms with van der Waals surface area (Å²) < 4.78 is 15.7. The fourth-order valence-electron chi connectivity index (χ4n) is 2.99. The lowest BCUT2D eigenvalue weighted by atomic mass is 9.83. The zero-order valence-electron chi connectivity index (χ0n) is 14.5. The van der Waals surface area contributed by atoms with E-state index in [9.17, 15) is 9.59 Å². The van der Waals surface area contributed by atoms with Crippen molar-refractivity contribution >= 4 is 17.6 Å². The number of ether oxygens (including phenoxy) is 3. The van der Waals surface area contributed by atoms with Crippen molar-refractivity contribution in [1.29, 1.82) is 0 Å². The highest BCUT2D eigenvalue weighted by Crippen LogP contribution is 2.36. The van der Waals surface area contributed by atoms with Crippen LogP contribution < -0.4 is 10.1 Å². The molecule has 6 heteroatoms. The summed E-state index contributed by atoms with van der Waals surface area (Å²) in [6.07, 6.45) is 1.99. The van der Waals surface area contributed by atoms with Crippen LogP contribution in [0.25, 0.3) is 0 Å². The van der Waals surface area contributed by atoms with E-state index in [1.807, 2.05) is 6.07 Å². The highest BCUT2D eigenvalue weighted by atomic mass is 16.6. The molecule has 2 aromatic carbocycles. The molecule has 1 aliphatic rings. The normalized spacial score (nSPS) is 17.9. The maximum atomic E-state index is 12.9. The molecule has 1 aliphatic heterocycles. The summed E-state index contributed by atoms with van der Waals surface area (Å²) in [5.41, 5.74) is -0.209. The zero-order valence-corrected chi connectivity index (χ0v) is 14.5. The average molecular weight is 353 g/mol. The summed E-state index contributed by atoms with van der Waals surface area (Å²) in [4.78, 5) is 24.6. The Labute approximate surface area is 151 Å². The smallest absolute Gasteiger partial charge is 0.340 e. The molecule has 0 amide bonds. The summed E-state index contributed by atoms with van der Waals surface area (Å²) in [6, 6.07) is 16.2. The van der Waals surface area contributed by atoms with E-state index in [4.69, 9.17) is 14.2 Å². The molecule has 0 fully saturated rings. The number of cyclic esters (lactones) is 1. The number of benzene rings is 2. The van der Waals surface area contributed by atoms with Crippen LogP contribution in [0.2, 0.25) is 0 Å². The monoisotopic (exact) mass is 353 g/mol. The molecular formula is C20H19NO5. The standard InChI is InChI=1S/C20H19NO5/c1-24-16-10-6-9-15(13-16)21-20(19(23)25-2,14-7-4-3-5-8-14)17-11-12-18(22)26-17/h3-13,17,21H,1-2H3/t17-,20+/m1/s1. The fourth-order valence-corrected chi connectivity index (χ4v) is 2.99. The number of nitrogens with one attached hydrogen (secondary N) is 1. The highest BCUT2D eigenvalue weighted by molar-refractivity contribution is 5.91. The molecule has 2 aromatic rings. The molecule has 1 heterocycles. The van der Waals surface area contributed by atoms with Crippen LogP contribution in [0, 0.1) is 0 Å². The first-order chi connectivity index (χ1) is 12.6. The Balaban J connectivity index is 2.14. The summed E-state index contributed by atoms with van der Waals surface area (Å²) >= 11 is 0. The lowest BCUT2D eigenvalue weighted by Gasteiger charge is -2.36. The lowest BCUT2D eigenvalue weighted by molar-refractivity contribution is -0.154. The summed E-state index contributed by atoms with van der Waals surface area (Å²) in [6.45, 7) is 0. The number of carbonyl (C=O) groups is 2. The van der Waals surface area contributed by atoms with Crippen LogP contribution in [0.4, 0.5) is 5.69 Å². The van der Waals surface area contributed by atoms with Crippen molar-refractivity contribution in [2.75, 3.05) is 19.5 Å². The van der Waals surface area contributed by atoms with Crippen LogP contribution in [0.5, 0.6) is 5.75 Å². The van der Waals surface area contributed by atoms with Crippen LogP contribution in [0.3, 0.4) is 0 Å². The molecule has 6 nitrogen and oxygen atoms in total. The molecule has 3 rings (SSSR count). The summed E-state index contributed by atoms with van der Waals surface area (Å²) in [5, 5.41) is 3.21. The predicted octanol–water partition coefficient (Wildman–Crippen LogP) is 2.66. The molecule has 26 heavy (non-hydrogen) atoms. The third-order valence-electron chi connectivity index (χ3n) is 4.22. The minimum atomic E-state index is -1.44. The van der Waals surface area contributed by atoms with Crippen LogP contribution in [0.15, 0.2) is 66.7 Å². The van der Waals surface area contributed by atoms with E-state index in [2.05, 4.69) is 5.32 Å². The molecule has 0 unspecified atom stereocenters. The van der Waals surface area contributed by atoms with E-state index in [1.165, 1.54) is 13.2 Å². The van der Waals surface area contributed by atoms with E-state index >= 15 is 0 Å². The Morgan fingerprint density at radius 1 is 1.12 bits per heavy atom. The predicted molar refractivity (Wildman–Crippen MR) is 95.8 cm³/mol. The molecule has 0 spiro atoms. The zero-order chi connectivity index (χ0) is 18.6. The number of esters is 2. The van der Waals surface area contributed by atoms with Gasteiger partial charge >= 0.3 is 11.9 Å². The van der Waals surface area contributed by atoms with Gasteiger partial charge in [-0.2, -0.15) is 0 Å². The molecule has 0 aliphatic carbocycles. The first kappa shape index (κ1) is 17.5. The van der Waals surface area contributed by atoms with Gasteiger partial charge in [0, 0.05) is 17.8 Å². The first-order valence-corrected chi connectivity index (χ1v) is 8.05. The molecule has 0 saturated heterocycles. The Hall–Kier alpha value is -3.28. The van der Waals surface area contributed by atoms with Crippen molar-refractivity contribution in [1.82, 2.24) is 0 Å². The van der Waals surface area contributed by atoms with E-state index in [-0.39, 0.29) is 0 Å². The Morgan fingerprint density at radius 3 is 2.50 bits per heavy atom. The number of carbonyl (C=O) groups excluding carboxylic acids is 2. The second-order valence-corrected chi connectivity index (χ2v) is 5.74. The maximum absolute atomic E-state index is 12.9. The average Bonchev–Trinajstić information content (AvgIpc) is 3.13. The molecule has 0 saturated carbocycles. The van der Waals surface area contributed by atoms with E-state index in [1.54, 1.807) is 61.7 Å². The third-order valence-corrected chi connectivity index (χ3v) is 4.22. The van der Waals surface area contributed by atoms with Gasteiger partial charge in [-0.1, -0.05) is 36.4 Å². The third kappa shape index (κ3) is 3.13. The summed E-state index contributed by atoms with van der Waals surface area (Å²) in [5.74, 6) is -0.455. The molecule has 0 aromatic heterocycles. The topological polar surface area (TPSA) is 73.9 Å². The number of anilines is 1. The lowest BCUT2D eigenvalue weighted by Crippen LogP contribution is -2.53. The quantitative estimate of drug-likeness (QED) is 0.805. The van der Waals surface area contributed by atoms with Crippen molar-refractivity contribution in [2.45, 2.75) is 11.6 Å². The van der Waals surface area contributed by atoms with E-state index in [0.717, 1.165) is 0 Å². The molecule has 0 radical (unpaired) electrons. The van der Waals surface area contributed by atoms with Gasteiger partial charge in [0.1, 0.15) is 5.75 Å². The van der Waals surface area contributed by atoms with E-state index in [0.29, 0.717) is 17.0 Å². The van der Waals surface area contributed by atoms with Crippen molar-refractivity contribution in [3.8, 4) is 5.75 Å². The molecule has 2 atom stereocenters. The highest BCUT2D eigenvalue weighted by Gasteiger charge is 2.51. The van der Waals surface area contributed by atoms with Crippen molar-refractivity contribution in [3.63, 3.8) is 0 Å².